The minimum atomic E-state index is 0.607. The number of ether oxygens (including phenoxy) is 2. The second-order valence-corrected chi connectivity index (χ2v) is 8.51. The van der Waals surface area contributed by atoms with Gasteiger partial charge in [-0.1, -0.05) is 30.3 Å². The van der Waals surface area contributed by atoms with Crippen molar-refractivity contribution in [1.82, 2.24) is 4.90 Å². The highest BCUT2D eigenvalue weighted by atomic mass is 32.2. The molecule has 144 valence electrons. The van der Waals surface area contributed by atoms with Crippen LogP contribution in [0.3, 0.4) is 0 Å². The lowest BCUT2D eigenvalue weighted by molar-refractivity contribution is 0.171. The zero-order valence-electron chi connectivity index (χ0n) is 16.2. The number of methoxy groups -OCH3 is 1. The summed E-state index contributed by atoms with van der Waals surface area (Å²) in [5.74, 6) is 3.94. The van der Waals surface area contributed by atoms with E-state index in [1.54, 1.807) is 7.11 Å². The van der Waals surface area contributed by atoms with E-state index < -0.39 is 0 Å². The van der Waals surface area contributed by atoms with Gasteiger partial charge in [-0.15, -0.1) is 11.8 Å². The molecule has 0 bridgehead atoms. The first-order valence-electron chi connectivity index (χ1n) is 10.1. The highest BCUT2D eigenvalue weighted by molar-refractivity contribution is 7.99. The van der Waals surface area contributed by atoms with E-state index in [1.165, 1.54) is 47.5 Å². The van der Waals surface area contributed by atoms with E-state index in [4.69, 9.17) is 9.47 Å². The molecule has 2 aliphatic heterocycles. The molecule has 1 saturated heterocycles. The quantitative estimate of drug-likeness (QED) is 0.700. The molecule has 1 fully saturated rings. The Morgan fingerprint density at radius 3 is 2.70 bits per heavy atom. The molecule has 4 rings (SSSR count). The molecule has 0 saturated carbocycles. The number of thioether (sulfide) groups is 1. The molecular weight excluding hydrogens is 354 g/mol. The lowest BCUT2D eigenvalue weighted by Crippen LogP contribution is -2.36. The minimum absolute atomic E-state index is 0.607. The van der Waals surface area contributed by atoms with Crippen LogP contribution in [-0.4, -0.2) is 44.0 Å². The van der Waals surface area contributed by atoms with E-state index in [1.807, 2.05) is 11.8 Å². The lowest BCUT2D eigenvalue weighted by Gasteiger charge is -2.32. The molecule has 0 N–H and O–H groups in total. The van der Waals surface area contributed by atoms with Crippen LogP contribution in [0, 0.1) is 0 Å². The molecule has 2 heterocycles. The summed E-state index contributed by atoms with van der Waals surface area (Å²) < 4.78 is 11.7. The SMILES string of the molecule is COc1ccccc1C1CCN(CCOc2cccc3c2SCCC3)CC1. The predicted molar refractivity (Wildman–Crippen MR) is 112 cm³/mol. The second-order valence-electron chi connectivity index (χ2n) is 7.40. The lowest BCUT2D eigenvalue weighted by atomic mass is 9.89. The topological polar surface area (TPSA) is 21.7 Å². The Balaban J connectivity index is 1.27. The summed E-state index contributed by atoms with van der Waals surface area (Å²) in [5.41, 5.74) is 2.82. The number of piperidine rings is 1. The van der Waals surface area contributed by atoms with Crippen LogP contribution in [0.2, 0.25) is 0 Å². The summed E-state index contributed by atoms with van der Waals surface area (Å²) in [7, 11) is 1.77. The summed E-state index contributed by atoms with van der Waals surface area (Å²) in [6.45, 7) is 4.05. The van der Waals surface area contributed by atoms with E-state index in [2.05, 4.69) is 47.4 Å². The van der Waals surface area contributed by atoms with Crippen LogP contribution in [-0.2, 0) is 6.42 Å². The van der Waals surface area contributed by atoms with Crippen LogP contribution in [0.5, 0.6) is 11.5 Å². The van der Waals surface area contributed by atoms with Crippen LogP contribution < -0.4 is 9.47 Å². The maximum Gasteiger partial charge on any atom is 0.133 e. The molecular formula is C23H29NO2S. The van der Waals surface area contributed by atoms with Gasteiger partial charge >= 0.3 is 0 Å². The molecule has 0 atom stereocenters. The third kappa shape index (κ3) is 4.44. The molecule has 0 spiro atoms. The van der Waals surface area contributed by atoms with Gasteiger partial charge in [0.25, 0.3) is 0 Å². The number of benzene rings is 2. The molecule has 0 aliphatic carbocycles. The van der Waals surface area contributed by atoms with Gasteiger partial charge in [0.05, 0.1) is 12.0 Å². The zero-order chi connectivity index (χ0) is 18.5. The van der Waals surface area contributed by atoms with E-state index in [0.717, 1.165) is 37.7 Å². The second kappa shape index (κ2) is 9.03. The zero-order valence-corrected chi connectivity index (χ0v) is 17.0. The van der Waals surface area contributed by atoms with Gasteiger partial charge in [0, 0.05) is 6.54 Å². The summed E-state index contributed by atoms with van der Waals surface area (Å²) in [4.78, 5) is 3.91. The number of aryl methyl sites for hydroxylation is 1. The Labute approximate surface area is 167 Å². The van der Waals surface area contributed by atoms with E-state index in [-0.39, 0.29) is 0 Å². The van der Waals surface area contributed by atoms with Gasteiger partial charge in [-0.05, 0) is 73.7 Å². The molecule has 2 aliphatic rings. The Hall–Kier alpha value is -1.65. The highest BCUT2D eigenvalue weighted by Crippen LogP contribution is 2.37. The van der Waals surface area contributed by atoms with Crippen molar-refractivity contribution in [3.63, 3.8) is 0 Å². The molecule has 4 heteroatoms. The summed E-state index contributed by atoms with van der Waals surface area (Å²) in [6, 6.07) is 15.0. The van der Waals surface area contributed by atoms with Crippen molar-refractivity contribution in [1.29, 1.82) is 0 Å². The van der Waals surface area contributed by atoms with E-state index in [9.17, 15) is 0 Å². The van der Waals surface area contributed by atoms with Gasteiger partial charge in [0.2, 0.25) is 0 Å². The average molecular weight is 384 g/mol. The van der Waals surface area contributed by atoms with Crippen molar-refractivity contribution in [2.24, 2.45) is 0 Å². The van der Waals surface area contributed by atoms with Crippen LogP contribution >= 0.6 is 11.8 Å². The highest BCUT2D eigenvalue weighted by Gasteiger charge is 2.23. The fraction of sp³-hybridized carbons (Fsp3) is 0.478. The van der Waals surface area contributed by atoms with Gasteiger partial charge in [-0.25, -0.2) is 0 Å². The van der Waals surface area contributed by atoms with E-state index >= 15 is 0 Å². The number of likely N-dealkylation sites (tertiary alicyclic amines) is 1. The van der Waals surface area contributed by atoms with Crippen LogP contribution in [0.25, 0.3) is 0 Å². The standard InChI is InChI=1S/C23H29NO2S/c1-25-21-9-3-2-8-20(21)18-11-13-24(14-12-18)15-16-26-22-10-4-6-19-7-5-17-27-23(19)22/h2-4,6,8-10,18H,5,7,11-17H2,1H3. The normalized spacial score (nSPS) is 18.1. The molecule has 2 aromatic carbocycles. The first-order chi connectivity index (χ1) is 13.3. The summed E-state index contributed by atoms with van der Waals surface area (Å²) >= 11 is 1.95. The van der Waals surface area contributed by atoms with Crippen molar-refractivity contribution < 1.29 is 9.47 Å². The largest absolute Gasteiger partial charge is 0.496 e. The third-order valence-electron chi connectivity index (χ3n) is 5.73. The molecule has 0 radical (unpaired) electrons. The van der Waals surface area contributed by atoms with Crippen molar-refractivity contribution >= 4 is 11.8 Å². The van der Waals surface area contributed by atoms with Gasteiger partial charge in [-0.2, -0.15) is 0 Å². The van der Waals surface area contributed by atoms with Crippen molar-refractivity contribution in [2.75, 3.05) is 39.1 Å². The maximum atomic E-state index is 6.17. The van der Waals surface area contributed by atoms with E-state index in [0.29, 0.717) is 5.92 Å². The first kappa shape index (κ1) is 18.7. The number of hydrogen-bond donors (Lipinski definition) is 0. The summed E-state index contributed by atoms with van der Waals surface area (Å²) in [5, 5.41) is 0. The van der Waals surface area contributed by atoms with Crippen LogP contribution in [0.1, 0.15) is 36.3 Å². The Morgan fingerprint density at radius 1 is 1.04 bits per heavy atom. The van der Waals surface area contributed by atoms with Gasteiger partial charge in [0.1, 0.15) is 18.1 Å². The molecule has 3 nitrogen and oxygen atoms in total. The monoisotopic (exact) mass is 383 g/mol. The van der Waals surface area contributed by atoms with Crippen LogP contribution in [0.4, 0.5) is 0 Å². The number of para-hydroxylation sites is 1. The number of hydrogen-bond acceptors (Lipinski definition) is 4. The van der Waals surface area contributed by atoms with Gasteiger partial charge < -0.3 is 9.47 Å². The van der Waals surface area contributed by atoms with Gasteiger partial charge in [0.15, 0.2) is 0 Å². The Morgan fingerprint density at radius 2 is 1.85 bits per heavy atom. The average Bonchev–Trinajstić information content (AvgIpc) is 2.74. The molecule has 0 aromatic heterocycles. The Kier molecular flexibility index (Phi) is 6.25. The van der Waals surface area contributed by atoms with Gasteiger partial charge in [-0.3, -0.25) is 4.90 Å². The maximum absolute atomic E-state index is 6.17. The Bertz CT molecular complexity index is 756. The van der Waals surface area contributed by atoms with Crippen molar-refractivity contribution in [2.45, 2.75) is 36.5 Å². The summed E-state index contributed by atoms with van der Waals surface area (Å²) in [6.07, 6.45) is 4.85. The van der Waals surface area contributed by atoms with Crippen molar-refractivity contribution in [3.8, 4) is 11.5 Å². The molecule has 2 aromatic rings. The first-order valence-corrected chi connectivity index (χ1v) is 11.1. The minimum Gasteiger partial charge on any atom is -0.496 e. The number of nitrogens with zero attached hydrogens (tertiary/aromatic N) is 1. The van der Waals surface area contributed by atoms with Crippen LogP contribution in [0.15, 0.2) is 47.4 Å². The number of rotatable bonds is 6. The molecule has 0 amide bonds. The number of fused-ring (bicyclic) bond motifs is 1. The van der Waals surface area contributed by atoms with Crippen molar-refractivity contribution in [3.05, 3.63) is 53.6 Å². The molecule has 27 heavy (non-hydrogen) atoms. The third-order valence-corrected chi connectivity index (χ3v) is 6.97. The fourth-order valence-electron chi connectivity index (χ4n) is 4.23. The fourth-order valence-corrected chi connectivity index (χ4v) is 5.35. The smallest absolute Gasteiger partial charge is 0.133 e. The predicted octanol–water partition coefficient (Wildman–Crippen LogP) is 4.99. The molecule has 0 unspecified atom stereocenters.